The van der Waals surface area contributed by atoms with Crippen molar-refractivity contribution in [2.24, 2.45) is 17.8 Å². The molecule has 2 aliphatic rings. The second-order valence-corrected chi connectivity index (χ2v) is 7.03. The van der Waals surface area contributed by atoms with Crippen LogP contribution in [-0.4, -0.2) is 72.7 Å². The minimum atomic E-state index is -0.876. The van der Waals surface area contributed by atoms with E-state index in [0.717, 1.165) is 18.7 Å². The second-order valence-electron chi connectivity index (χ2n) is 7.03. The van der Waals surface area contributed by atoms with Gasteiger partial charge in [0.1, 0.15) is 0 Å². The van der Waals surface area contributed by atoms with Gasteiger partial charge in [0.2, 0.25) is 5.91 Å². The molecular formula is C19H27CaNO3. The molecule has 2 fully saturated rings. The first-order valence-corrected chi connectivity index (χ1v) is 8.68. The standard InChI is InChI=1S/C19H25NO3.Ca.2H/c21-18(20-12-15-8-4-5-9-16(15)13-20)11-17(19(22)23)10-14-6-2-1-3-7-14;;;/h1-3,6-7,15-17H,4-5,8-13H2,(H,22,23);;;/q;+2;2*-1/t15-,16+,17?;;;. The van der Waals surface area contributed by atoms with Crippen LogP contribution >= 0.6 is 0 Å². The third-order valence-corrected chi connectivity index (χ3v) is 5.42. The van der Waals surface area contributed by atoms with Crippen molar-refractivity contribution in [1.29, 1.82) is 0 Å². The molecule has 24 heavy (non-hydrogen) atoms. The van der Waals surface area contributed by atoms with E-state index in [1.54, 1.807) is 0 Å². The summed E-state index contributed by atoms with van der Waals surface area (Å²) in [5, 5.41) is 9.46. The molecule has 1 saturated carbocycles. The Morgan fingerprint density at radius 1 is 1.12 bits per heavy atom. The third kappa shape index (κ3) is 4.96. The fourth-order valence-corrected chi connectivity index (χ4v) is 4.09. The van der Waals surface area contributed by atoms with Gasteiger partial charge in [0.15, 0.2) is 0 Å². The Bertz CT molecular complexity index is 559. The molecule has 1 aliphatic carbocycles. The van der Waals surface area contributed by atoms with Gasteiger partial charge in [-0.3, -0.25) is 9.59 Å². The van der Waals surface area contributed by atoms with E-state index >= 15 is 0 Å². The summed E-state index contributed by atoms with van der Waals surface area (Å²) in [7, 11) is 0. The van der Waals surface area contributed by atoms with Crippen molar-refractivity contribution < 1.29 is 17.5 Å². The number of hydrogen-bond donors (Lipinski definition) is 1. The summed E-state index contributed by atoms with van der Waals surface area (Å²) in [5.74, 6) is -0.204. The van der Waals surface area contributed by atoms with Crippen LogP contribution < -0.4 is 0 Å². The average Bonchev–Trinajstić information content (AvgIpc) is 2.99. The minimum absolute atomic E-state index is 0. The van der Waals surface area contributed by atoms with Gasteiger partial charge in [-0.2, -0.15) is 0 Å². The molecule has 1 saturated heterocycles. The van der Waals surface area contributed by atoms with E-state index in [1.165, 1.54) is 25.7 Å². The first kappa shape index (κ1) is 19.7. The van der Waals surface area contributed by atoms with Crippen molar-refractivity contribution in [3.63, 3.8) is 0 Å². The van der Waals surface area contributed by atoms with E-state index in [4.69, 9.17) is 0 Å². The Kier molecular flexibility index (Phi) is 7.58. The van der Waals surface area contributed by atoms with Gasteiger partial charge in [-0.15, -0.1) is 0 Å². The molecule has 0 radical (unpaired) electrons. The smallest absolute Gasteiger partial charge is 1.00 e. The summed E-state index contributed by atoms with van der Waals surface area (Å²) >= 11 is 0. The molecule has 3 atom stereocenters. The van der Waals surface area contributed by atoms with E-state index in [2.05, 4.69) is 0 Å². The number of likely N-dealkylation sites (tertiary alicyclic amines) is 1. The largest absolute Gasteiger partial charge is 2.00 e. The van der Waals surface area contributed by atoms with Crippen molar-refractivity contribution >= 4 is 49.6 Å². The number of nitrogens with zero attached hydrogens (tertiary/aromatic N) is 1. The molecule has 3 rings (SSSR count). The normalized spacial score (nSPS) is 23.9. The molecule has 128 valence electrons. The average molecular weight is 358 g/mol. The molecule has 0 spiro atoms. The van der Waals surface area contributed by atoms with Gasteiger partial charge in [-0.05, 0) is 36.7 Å². The van der Waals surface area contributed by atoms with E-state index < -0.39 is 11.9 Å². The van der Waals surface area contributed by atoms with Crippen LogP contribution in [0.3, 0.4) is 0 Å². The number of carbonyl (C=O) groups is 2. The quantitative estimate of drug-likeness (QED) is 0.825. The molecule has 1 N–H and O–H groups in total. The molecule has 1 aliphatic heterocycles. The van der Waals surface area contributed by atoms with Gasteiger partial charge < -0.3 is 12.9 Å². The van der Waals surface area contributed by atoms with E-state index in [9.17, 15) is 14.7 Å². The molecule has 1 amide bonds. The number of carboxylic acid groups (broad SMARTS) is 1. The van der Waals surface area contributed by atoms with Crippen LogP contribution in [0.25, 0.3) is 0 Å². The summed E-state index contributed by atoms with van der Waals surface area (Å²) in [5.41, 5.74) is 0.975. The summed E-state index contributed by atoms with van der Waals surface area (Å²) in [6.45, 7) is 1.67. The van der Waals surface area contributed by atoms with Crippen LogP contribution in [0.15, 0.2) is 30.3 Å². The van der Waals surface area contributed by atoms with Gasteiger partial charge in [-0.25, -0.2) is 0 Å². The fourth-order valence-electron chi connectivity index (χ4n) is 4.09. The first-order chi connectivity index (χ1) is 11.1. The topological polar surface area (TPSA) is 57.6 Å². The first-order valence-electron chi connectivity index (χ1n) is 8.68. The van der Waals surface area contributed by atoms with Crippen LogP contribution in [-0.2, 0) is 16.0 Å². The van der Waals surface area contributed by atoms with E-state index in [0.29, 0.717) is 18.3 Å². The van der Waals surface area contributed by atoms with Crippen LogP contribution in [0.2, 0.25) is 0 Å². The number of carbonyl (C=O) groups excluding carboxylic acids is 1. The monoisotopic (exact) mass is 357 g/mol. The maximum atomic E-state index is 12.6. The van der Waals surface area contributed by atoms with Crippen LogP contribution in [0, 0.1) is 17.8 Å². The predicted molar refractivity (Wildman–Crippen MR) is 95.9 cm³/mol. The van der Waals surface area contributed by atoms with Crippen LogP contribution in [0.1, 0.15) is 40.5 Å². The van der Waals surface area contributed by atoms with Crippen molar-refractivity contribution in [3.05, 3.63) is 35.9 Å². The number of hydrogen-bond acceptors (Lipinski definition) is 2. The van der Waals surface area contributed by atoms with Crippen LogP contribution in [0.4, 0.5) is 0 Å². The molecule has 1 aromatic carbocycles. The van der Waals surface area contributed by atoms with Gasteiger partial charge in [0, 0.05) is 19.5 Å². The third-order valence-electron chi connectivity index (χ3n) is 5.42. The molecule has 0 aromatic heterocycles. The summed E-state index contributed by atoms with van der Waals surface area (Å²) in [6.07, 6.45) is 5.53. The Morgan fingerprint density at radius 2 is 1.71 bits per heavy atom. The summed E-state index contributed by atoms with van der Waals surface area (Å²) < 4.78 is 0. The number of amides is 1. The molecule has 0 bridgehead atoms. The number of carboxylic acids is 1. The van der Waals surface area contributed by atoms with E-state index in [1.807, 2.05) is 35.2 Å². The zero-order valence-corrected chi connectivity index (χ0v) is 16.4. The predicted octanol–water partition coefficient (Wildman–Crippen LogP) is 2.81. The molecular weight excluding hydrogens is 330 g/mol. The van der Waals surface area contributed by atoms with Gasteiger partial charge in [0.05, 0.1) is 5.92 Å². The van der Waals surface area contributed by atoms with Crippen LogP contribution in [0.5, 0.6) is 0 Å². The van der Waals surface area contributed by atoms with Gasteiger partial charge >= 0.3 is 43.7 Å². The summed E-state index contributed by atoms with van der Waals surface area (Å²) in [4.78, 5) is 26.0. The molecule has 4 nitrogen and oxygen atoms in total. The Labute approximate surface area is 176 Å². The van der Waals surface area contributed by atoms with Gasteiger partial charge in [0.25, 0.3) is 0 Å². The number of aliphatic carboxylic acids is 1. The number of benzene rings is 1. The Hall–Kier alpha value is -0.580. The van der Waals surface area contributed by atoms with E-state index in [-0.39, 0.29) is 52.9 Å². The minimum Gasteiger partial charge on any atom is -1.00 e. The van der Waals surface area contributed by atoms with Crippen molar-refractivity contribution in [3.8, 4) is 0 Å². The zero-order chi connectivity index (χ0) is 16.2. The second kappa shape index (κ2) is 9.21. The molecule has 1 aromatic rings. The molecule has 5 heteroatoms. The van der Waals surface area contributed by atoms with Gasteiger partial charge in [-0.1, -0.05) is 43.2 Å². The van der Waals surface area contributed by atoms with Crippen molar-refractivity contribution in [2.75, 3.05) is 13.1 Å². The Morgan fingerprint density at radius 3 is 2.25 bits per heavy atom. The zero-order valence-electron chi connectivity index (χ0n) is 16.2. The summed E-state index contributed by atoms with van der Waals surface area (Å²) in [6, 6.07) is 9.56. The van der Waals surface area contributed by atoms with Crippen molar-refractivity contribution in [2.45, 2.75) is 38.5 Å². The fraction of sp³-hybridized carbons (Fsp3) is 0.579. The number of rotatable bonds is 5. The maximum Gasteiger partial charge on any atom is 2.00 e. The molecule has 1 unspecified atom stereocenters. The SMILES string of the molecule is O=C(O)C(CC(=O)N1C[C@H]2CCCC[C@H]2C1)Cc1ccccc1.[Ca+2].[H-].[H-]. The number of fused-ring (bicyclic) bond motifs is 1. The van der Waals surface area contributed by atoms with Crippen molar-refractivity contribution in [1.82, 2.24) is 4.90 Å². The molecule has 1 heterocycles. The Balaban J connectivity index is 0.00000208. The maximum absolute atomic E-state index is 12.6.